The number of likely N-dealkylation sites (N-methyl/N-ethyl adjacent to an activating group) is 1. The number of carbonyl (C=O) groups is 1. The summed E-state index contributed by atoms with van der Waals surface area (Å²) in [6, 6.07) is 4.01. The lowest BCUT2D eigenvalue weighted by Crippen LogP contribution is -2.07. The first-order valence-corrected chi connectivity index (χ1v) is 5.46. The summed E-state index contributed by atoms with van der Waals surface area (Å²) in [5.41, 5.74) is 0.902. The lowest BCUT2D eigenvalue weighted by atomic mass is 10.1. The first-order chi connectivity index (χ1) is 8.19. The van der Waals surface area contributed by atoms with Crippen molar-refractivity contribution in [3.8, 4) is 0 Å². The molecule has 0 bridgehead atoms. The first-order valence-electron chi connectivity index (χ1n) is 5.46. The van der Waals surface area contributed by atoms with E-state index in [2.05, 4.69) is 5.32 Å². The van der Waals surface area contributed by atoms with E-state index >= 15 is 0 Å². The van der Waals surface area contributed by atoms with Crippen LogP contribution in [-0.4, -0.2) is 26.2 Å². The lowest BCUT2D eigenvalue weighted by Gasteiger charge is -2.05. The molecule has 0 amide bonds. The highest BCUT2D eigenvalue weighted by atomic mass is 19.1. The Morgan fingerprint density at radius 3 is 2.94 bits per heavy atom. The maximum atomic E-state index is 13.1. The number of nitrogens with one attached hydrogen (secondary N) is 1. The number of rotatable bonds is 5. The molecule has 0 aliphatic heterocycles. The highest BCUT2D eigenvalue weighted by molar-refractivity contribution is 5.93. The Labute approximate surface area is 100 Å². The molecule has 0 saturated carbocycles. The molecule has 0 atom stereocenters. The molecule has 0 aliphatic carbocycles. The van der Waals surface area contributed by atoms with Gasteiger partial charge in [-0.2, -0.15) is 0 Å². The molecule has 17 heavy (non-hydrogen) atoms. The van der Waals surface area contributed by atoms with Gasteiger partial charge in [0.05, 0.1) is 12.2 Å². The summed E-state index contributed by atoms with van der Waals surface area (Å²) in [5, 5.41) is 2.93. The molecule has 0 unspecified atom stereocenters. The number of ether oxygens (including phenoxy) is 1. The van der Waals surface area contributed by atoms with Crippen LogP contribution in [0.15, 0.2) is 24.3 Å². The van der Waals surface area contributed by atoms with Crippen LogP contribution in [0, 0.1) is 5.82 Å². The molecule has 0 aliphatic rings. The van der Waals surface area contributed by atoms with E-state index in [0.717, 1.165) is 0 Å². The normalized spacial score (nSPS) is 10.8. The minimum Gasteiger partial charge on any atom is -0.462 e. The second-order valence-electron chi connectivity index (χ2n) is 3.41. The Bertz CT molecular complexity index is 416. The Balaban J connectivity index is 2.99. The molecule has 0 fully saturated rings. The van der Waals surface area contributed by atoms with E-state index < -0.39 is 5.97 Å². The second-order valence-corrected chi connectivity index (χ2v) is 3.41. The van der Waals surface area contributed by atoms with Gasteiger partial charge in [0, 0.05) is 6.54 Å². The van der Waals surface area contributed by atoms with Gasteiger partial charge in [-0.3, -0.25) is 0 Å². The average molecular weight is 237 g/mol. The SMILES string of the molecule is CCOC(=O)c1ccc(F)cc1C=CCNC. The highest BCUT2D eigenvalue weighted by Crippen LogP contribution is 2.14. The fourth-order valence-electron chi connectivity index (χ4n) is 1.37. The zero-order valence-electron chi connectivity index (χ0n) is 10.00. The maximum Gasteiger partial charge on any atom is 0.338 e. The van der Waals surface area contributed by atoms with Crippen LogP contribution in [0.3, 0.4) is 0 Å². The Morgan fingerprint density at radius 2 is 2.29 bits per heavy atom. The van der Waals surface area contributed by atoms with Gasteiger partial charge in [0.25, 0.3) is 0 Å². The van der Waals surface area contributed by atoms with Crippen molar-refractivity contribution in [3.05, 3.63) is 41.2 Å². The molecule has 0 spiro atoms. The third kappa shape index (κ3) is 4.00. The predicted molar refractivity (Wildman–Crippen MR) is 65.3 cm³/mol. The van der Waals surface area contributed by atoms with Gasteiger partial charge in [0.2, 0.25) is 0 Å². The quantitative estimate of drug-likeness (QED) is 0.798. The zero-order chi connectivity index (χ0) is 12.7. The molecule has 3 nitrogen and oxygen atoms in total. The summed E-state index contributed by atoms with van der Waals surface area (Å²) >= 11 is 0. The minimum atomic E-state index is -0.434. The van der Waals surface area contributed by atoms with Crippen LogP contribution in [0.25, 0.3) is 6.08 Å². The highest BCUT2D eigenvalue weighted by Gasteiger charge is 2.11. The van der Waals surface area contributed by atoms with Crippen LogP contribution in [-0.2, 0) is 4.74 Å². The minimum absolute atomic E-state index is 0.301. The molecule has 0 aromatic heterocycles. The third-order valence-electron chi connectivity index (χ3n) is 2.13. The number of hydrogen-bond acceptors (Lipinski definition) is 3. The van der Waals surface area contributed by atoms with Crippen molar-refractivity contribution >= 4 is 12.0 Å². The Morgan fingerprint density at radius 1 is 1.53 bits per heavy atom. The fourth-order valence-corrected chi connectivity index (χ4v) is 1.37. The monoisotopic (exact) mass is 237 g/mol. The van der Waals surface area contributed by atoms with E-state index in [-0.39, 0.29) is 5.82 Å². The van der Waals surface area contributed by atoms with Gasteiger partial charge in [0.15, 0.2) is 0 Å². The van der Waals surface area contributed by atoms with Crippen molar-refractivity contribution < 1.29 is 13.9 Å². The van der Waals surface area contributed by atoms with Crippen LogP contribution in [0.1, 0.15) is 22.8 Å². The lowest BCUT2D eigenvalue weighted by molar-refractivity contribution is 0.0526. The van der Waals surface area contributed by atoms with Crippen LogP contribution < -0.4 is 5.32 Å². The Kier molecular flexibility index (Phi) is 5.36. The number of hydrogen-bond donors (Lipinski definition) is 1. The van der Waals surface area contributed by atoms with Crippen LogP contribution >= 0.6 is 0 Å². The summed E-state index contributed by atoms with van der Waals surface area (Å²) in [7, 11) is 1.81. The van der Waals surface area contributed by atoms with Crippen LogP contribution in [0.4, 0.5) is 4.39 Å². The topological polar surface area (TPSA) is 38.3 Å². The molecule has 0 heterocycles. The van der Waals surface area contributed by atoms with E-state index in [1.165, 1.54) is 18.2 Å². The van der Waals surface area contributed by atoms with E-state index in [9.17, 15) is 9.18 Å². The van der Waals surface area contributed by atoms with Gasteiger partial charge >= 0.3 is 5.97 Å². The van der Waals surface area contributed by atoms with E-state index in [4.69, 9.17) is 4.74 Å². The van der Waals surface area contributed by atoms with Crippen molar-refractivity contribution in [1.29, 1.82) is 0 Å². The van der Waals surface area contributed by atoms with Crippen molar-refractivity contribution in [2.75, 3.05) is 20.2 Å². The molecule has 1 rings (SSSR count). The summed E-state index contributed by atoms with van der Waals surface area (Å²) in [6.45, 7) is 2.69. The summed E-state index contributed by atoms with van der Waals surface area (Å²) in [4.78, 5) is 11.6. The number of halogens is 1. The largest absolute Gasteiger partial charge is 0.462 e. The maximum absolute atomic E-state index is 13.1. The number of benzene rings is 1. The molecule has 1 aromatic rings. The molecular weight excluding hydrogens is 221 g/mol. The van der Waals surface area contributed by atoms with Crippen molar-refractivity contribution in [1.82, 2.24) is 5.32 Å². The smallest absolute Gasteiger partial charge is 0.338 e. The molecule has 1 N–H and O–H groups in total. The fraction of sp³-hybridized carbons (Fsp3) is 0.308. The van der Waals surface area contributed by atoms with Gasteiger partial charge < -0.3 is 10.1 Å². The molecule has 0 saturated heterocycles. The standard InChI is InChI=1S/C13H16FNO2/c1-3-17-13(16)12-7-6-11(14)9-10(12)5-4-8-15-2/h4-7,9,15H,3,8H2,1-2H3. The predicted octanol–water partition coefficient (Wildman–Crippen LogP) is 2.24. The van der Waals surface area contributed by atoms with Gasteiger partial charge in [-0.15, -0.1) is 0 Å². The van der Waals surface area contributed by atoms with Crippen molar-refractivity contribution in [3.63, 3.8) is 0 Å². The summed E-state index contributed by atoms with van der Waals surface area (Å²) in [5.74, 6) is -0.807. The van der Waals surface area contributed by atoms with E-state index in [1.54, 1.807) is 13.0 Å². The van der Waals surface area contributed by atoms with Gasteiger partial charge in [-0.1, -0.05) is 12.2 Å². The molecular formula is C13H16FNO2. The second kappa shape index (κ2) is 6.81. The van der Waals surface area contributed by atoms with E-state index in [0.29, 0.717) is 24.3 Å². The molecule has 0 radical (unpaired) electrons. The first kappa shape index (κ1) is 13.4. The summed E-state index contributed by atoms with van der Waals surface area (Å²) < 4.78 is 18.0. The van der Waals surface area contributed by atoms with Gasteiger partial charge in [-0.05, 0) is 37.7 Å². The zero-order valence-corrected chi connectivity index (χ0v) is 10.00. The number of carbonyl (C=O) groups excluding carboxylic acids is 1. The molecule has 92 valence electrons. The third-order valence-corrected chi connectivity index (χ3v) is 2.13. The van der Waals surface area contributed by atoms with Gasteiger partial charge in [-0.25, -0.2) is 9.18 Å². The van der Waals surface area contributed by atoms with Crippen molar-refractivity contribution in [2.24, 2.45) is 0 Å². The average Bonchev–Trinajstić information content (AvgIpc) is 2.30. The van der Waals surface area contributed by atoms with E-state index in [1.807, 2.05) is 13.1 Å². The molecule has 1 aromatic carbocycles. The van der Waals surface area contributed by atoms with Crippen LogP contribution in [0.2, 0.25) is 0 Å². The number of esters is 1. The van der Waals surface area contributed by atoms with Gasteiger partial charge in [0.1, 0.15) is 5.82 Å². The summed E-state index contributed by atoms with van der Waals surface area (Å²) in [6.07, 6.45) is 3.52. The Hall–Kier alpha value is -1.68. The molecule has 4 heteroatoms. The van der Waals surface area contributed by atoms with Crippen molar-refractivity contribution in [2.45, 2.75) is 6.92 Å². The van der Waals surface area contributed by atoms with Crippen LogP contribution in [0.5, 0.6) is 0 Å².